The minimum atomic E-state index is 0.0343. The van der Waals surface area contributed by atoms with Crippen molar-refractivity contribution >= 4 is 23.2 Å². The third-order valence-electron chi connectivity index (χ3n) is 5.03. The molecule has 0 unspecified atom stereocenters. The summed E-state index contributed by atoms with van der Waals surface area (Å²) in [7, 11) is 0. The second-order valence-corrected chi connectivity index (χ2v) is 6.90. The van der Waals surface area contributed by atoms with Crippen LogP contribution < -0.4 is 5.32 Å². The fraction of sp³-hybridized carbons (Fsp3) is 0.625. The Hall–Kier alpha value is -1.36. The molecule has 1 aliphatic heterocycles. The normalized spacial score (nSPS) is 29.1. The fourth-order valence-corrected chi connectivity index (χ4v) is 4.50. The number of carbonyl (C=O) groups excluding carboxylic acids is 2. The number of likely N-dealkylation sites (tertiary alicyclic amines) is 1. The van der Waals surface area contributed by atoms with Crippen molar-refractivity contribution in [1.29, 1.82) is 0 Å². The summed E-state index contributed by atoms with van der Waals surface area (Å²) in [6, 6.07) is 2.11. The van der Waals surface area contributed by atoms with Gasteiger partial charge in [-0.15, -0.1) is 0 Å². The molecule has 5 heteroatoms. The van der Waals surface area contributed by atoms with Crippen LogP contribution >= 0.6 is 11.3 Å². The van der Waals surface area contributed by atoms with Crippen LogP contribution in [0.4, 0.5) is 0 Å². The van der Waals surface area contributed by atoms with Gasteiger partial charge in [0.2, 0.25) is 5.91 Å². The summed E-state index contributed by atoms with van der Waals surface area (Å²) in [6.07, 6.45) is 5.66. The maximum Gasteiger partial charge on any atom is 0.252 e. The lowest BCUT2D eigenvalue weighted by atomic mass is 9.77. The van der Waals surface area contributed by atoms with Gasteiger partial charge in [-0.2, -0.15) is 11.3 Å². The van der Waals surface area contributed by atoms with Crippen molar-refractivity contribution in [2.75, 3.05) is 6.54 Å². The average Bonchev–Trinajstić information content (AvgIpc) is 3.11. The van der Waals surface area contributed by atoms with Crippen molar-refractivity contribution in [2.45, 2.75) is 57.0 Å². The molecule has 1 saturated heterocycles. The lowest BCUT2D eigenvalue weighted by molar-refractivity contribution is -0.131. The van der Waals surface area contributed by atoms with Gasteiger partial charge >= 0.3 is 0 Å². The predicted octanol–water partition coefficient (Wildman–Crippen LogP) is 2.80. The number of nitrogens with zero attached hydrogens (tertiary/aromatic N) is 1. The third-order valence-corrected chi connectivity index (χ3v) is 5.71. The van der Waals surface area contributed by atoms with E-state index >= 15 is 0 Å². The highest BCUT2D eigenvalue weighted by molar-refractivity contribution is 7.08. The van der Waals surface area contributed by atoms with E-state index in [4.69, 9.17) is 0 Å². The topological polar surface area (TPSA) is 49.4 Å². The Morgan fingerprint density at radius 2 is 2.19 bits per heavy atom. The van der Waals surface area contributed by atoms with Gasteiger partial charge in [-0.05, 0) is 50.5 Å². The van der Waals surface area contributed by atoms with E-state index in [9.17, 15) is 9.59 Å². The first-order chi connectivity index (χ1) is 10.1. The van der Waals surface area contributed by atoms with Crippen molar-refractivity contribution in [1.82, 2.24) is 10.2 Å². The summed E-state index contributed by atoms with van der Waals surface area (Å²) < 4.78 is 0. The van der Waals surface area contributed by atoms with E-state index in [1.54, 1.807) is 11.3 Å². The van der Waals surface area contributed by atoms with Gasteiger partial charge in [0.25, 0.3) is 5.91 Å². The summed E-state index contributed by atoms with van der Waals surface area (Å²) in [4.78, 5) is 26.1. The van der Waals surface area contributed by atoms with Gasteiger partial charge in [0, 0.05) is 35.5 Å². The van der Waals surface area contributed by atoms with E-state index < -0.39 is 0 Å². The van der Waals surface area contributed by atoms with Gasteiger partial charge in [0.1, 0.15) is 0 Å². The Balaban J connectivity index is 1.58. The van der Waals surface area contributed by atoms with Crippen LogP contribution in [0.3, 0.4) is 0 Å². The standard InChI is InChI=1S/C16H22N2O2S/c1-2-18-14(19)5-9-16(18)7-3-13(4-8-16)17-15(20)12-6-10-21-11-12/h6,10-11,13H,2-5,7-9H2,1H3,(H,17,20). The number of hydrogen-bond acceptors (Lipinski definition) is 3. The molecule has 0 radical (unpaired) electrons. The van der Waals surface area contributed by atoms with Gasteiger partial charge in [-0.25, -0.2) is 0 Å². The van der Waals surface area contributed by atoms with Crippen molar-refractivity contribution in [3.8, 4) is 0 Å². The predicted molar refractivity (Wildman–Crippen MR) is 83.4 cm³/mol. The zero-order chi connectivity index (χ0) is 14.9. The third kappa shape index (κ3) is 2.71. The summed E-state index contributed by atoms with van der Waals surface area (Å²) >= 11 is 1.54. The minimum Gasteiger partial charge on any atom is -0.349 e. The first-order valence-corrected chi connectivity index (χ1v) is 8.72. The molecule has 0 atom stereocenters. The number of rotatable bonds is 3. The lowest BCUT2D eigenvalue weighted by Gasteiger charge is -2.43. The van der Waals surface area contributed by atoms with E-state index in [2.05, 4.69) is 17.1 Å². The van der Waals surface area contributed by atoms with E-state index in [0.29, 0.717) is 12.3 Å². The molecule has 2 fully saturated rings. The van der Waals surface area contributed by atoms with Crippen molar-refractivity contribution in [3.63, 3.8) is 0 Å². The highest BCUT2D eigenvalue weighted by atomic mass is 32.1. The van der Waals surface area contributed by atoms with E-state index in [1.165, 1.54) is 0 Å². The molecule has 2 aliphatic rings. The minimum absolute atomic E-state index is 0.0343. The van der Waals surface area contributed by atoms with Crippen LogP contribution in [0.1, 0.15) is 55.8 Å². The number of hydrogen-bond donors (Lipinski definition) is 1. The van der Waals surface area contributed by atoms with E-state index in [-0.39, 0.29) is 17.5 Å². The average molecular weight is 306 g/mol. The molecule has 2 amide bonds. The molecular weight excluding hydrogens is 284 g/mol. The van der Waals surface area contributed by atoms with Crippen LogP contribution in [-0.2, 0) is 4.79 Å². The van der Waals surface area contributed by atoms with Gasteiger partial charge in [-0.3, -0.25) is 9.59 Å². The molecule has 1 spiro atoms. The fourth-order valence-electron chi connectivity index (χ4n) is 3.87. The molecule has 1 saturated carbocycles. The first-order valence-electron chi connectivity index (χ1n) is 7.78. The monoisotopic (exact) mass is 306 g/mol. The summed E-state index contributed by atoms with van der Waals surface area (Å²) in [6.45, 7) is 2.88. The second-order valence-electron chi connectivity index (χ2n) is 6.12. The van der Waals surface area contributed by atoms with Crippen molar-refractivity contribution < 1.29 is 9.59 Å². The van der Waals surface area contributed by atoms with E-state index in [1.807, 2.05) is 16.8 Å². The Bertz CT molecular complexity index is 518. The van der Waals surface area contributed by atoms with Crippen LogP contribution in [0.15, 0.2) is 16.8 Å². The number of carbonyl (C=O) groups is 2. The number of amides is 2. The Morgan fingerprint density at radius 3 is 2.81 bits per heavy atom. The number of nitrogens with one attached hydrogen (secondary N) is 1. The van der Waals surface area contributed by atoms with Crippen LogP contribution in [0, 0.1) is 0 Å². The zero-order valence-electron chi connectivity index (χ0n) is 12.4. The second kappa shape index (κ2) is 5.79. The summed E-state index contributed by atoms with van der Waals surface area (Å²) in [5, 5.41) is 6.94. The Labute approximate surface area is 129 Å². The SMILES string of the molecule is CCN1C(=O)CCC12CCC(NC(=O)c1ccsc1)CC2. The maximum atomic E-state index is 12.1. The highest BCUT2D eigenvalue weighted by Crippen LogP contribution is 2.42. The lowest BCUT2D eigenvalue weighted by Crippen LogP contribution is -2.51. The van der Waals surface area contributed by atoms with Crippen LogP contribution in [0.25, 0.3) is 0 Å². The van der Waals surface area contributed by atoms with Gasteiger partial charge in [0.05, 0.1) is 0 Å². The molecule has 1 N–H and O–H groups in total. The van der Waals surface area contributed by atoms with Crippen LogP contribution in [0.5, 0.6) is 0 Å². The van der Waals surface area contributed by atoms with Gasteiger partial charge < -0.3 is 10.2 Å². The molecule has 21 heavy (non-hydrogen) atoms. The molecule has 0 aromatic carbocycles. The number of thiophene rings is 1. The Kier molecular flexibility index (Phi) is 4.02. The molecule has 2 heterocycles. The van der Waals surface area contributed by atoms with Crippen molar-refractivity contribution in [3.05, 3.63) is 22.4 Å². The molecule has 3 rings (SSSR count). The largest absolute Gasteiger partial charge is 0.349 e. The zero-order valence-corrected chi connectivity index (χ0v) is 13.2. The molecule has 114 valence electrons. The first kappa shape index (κ1) is 14.6. The van der Waals surface area contributed by atoms with E-state index in [0.717, 1.165) is 44.2 Å². The summed E-state index contributed by atoms with van der Waals surface area (Å²) in [5.74, 6) is 0.338. The van der Waals surface area contributed by atoms with Crippen LogP contribution in [-0.4, -0.2) is 34.8 Å². The smallest absolute Gasteiger partial charge is 0.252 e. The maximum absolute atomic E-state index is 12.1. The van der Waals surface area contributed by atoms with Crippen molar-refractivity contribution in [2.24, 2.45) is 0 Å². The molecule has 0 bridgehead atoms. The molecule has 1 aliphatic carbocycles. The molecular formula is C16H22N2O2S. The highest BCUT2D eigenvalue weighted by Gasteiger charge is 2.46. The summed E-state index contributed by atoms with van der Waals surface area (Å²) in [5.41, 5.74) is 0.835. The van der Waals surface area contributed by atoms with Crippen LogP contribution in [0.2, 0.25) is 0 Å². The molecule has 1 aromatic heterocycles. The molecule has 4 nitrogen and oxygen atoms in total. The molecule has 1 aromatic rings. The van der Waals surface area contributed by atoms with Gasteiger partial charge in [0.15, 0.2) is 0 Å². The Morgan fingerprint density at radius 1 is 1.43 bits per heavy atom. The quantitative estimate of drug-likeness (QED) is 0.933. The van der Waals surface area contributed by atoms with Gasteiger partial charge in [-0.1, -0.05) is 0 Å².